The molecule has 1 aliphatic heterocycles. The number of rotatable bonds is 0. The summed E-state index contributed by atoms with van der Waals surface area (Å²) in [5.74, 6) is 0.132. The second-order valence-corrected chi connectivity index (χ2v) is 7.06. The van der Waals surface area contributed by atoms with Crippen molar-refractivity contribution in [2.24, 2.45) is 0 Å². The minimum Gasteiger partial charge on any atom is -0.327 e. The molecule has 2 rings (SSSR count). The highest BCUT2D eigenvalue weighted by molar-refractivity contribution is 14.1. The van der Waals surface area contributed by atoms with Crippen LogP contribution in [0.2, 0.25) is 0 Å². The highest BCUT2D eigenvalue weighted by atomic mass is 127. The van der Waals surface area contributed by atoms with E-state index >= 15 is 0 Å². The summed E-state index contributed by atoms with van der Waals surface area (Å²) in [4.78, 5) is 19.0. The Hall–Kier alpha value is -0.170. The number of carbonyl (C=O) groups excluding carboxylic acids is 1. The second kappa shape index (κ2) is 3.16. The van der Waals surface area contributed by atoms with Crippen LogP contribution in [0.15, 0.2) is 0 Å². The number of hydrogen-bond acceptors (Lipinski definition) is 3. The maximum atomic E-state index is 11.9. The molecule has 0 aromatic carbocycles. The van der Waals surface area contributed by atoms with Crippen LogP contribution in [0.3, 0.4) is 0 Å². The van der Waals surface area contributed by atoms with Gasteiger partial charge in [0.1, 0.15) is 4.88 Å². The van der Waals surface area contributed by atoms with Crippen molar-refractivity contribution in [2.75, 3.05) is 0 Å². The first-order chi connectivity index (χ1) is 6.39. The average molecular weight is 322 g/mol. The molecule has 0 radical (unpaired) electrons. The van der Waals surface area contributed by atoms with Crippen molar-refractivity contribution in [2.45, 2.75) is 32.9 Å². The molecular weight excluding hydrogens is 311 g/mol. The van der Waals surface area contributed by atoms with Gasteiger partial charge >= 0.3 is 0 Å². The minimum atomic E-state index is -0.108. The lowest BCUT2D eigenvalue weighted by molar-refractivity contribution is 0.0611. The predicted octanol–water partition coefficient (Wildman–Crippen LogP) is 2.50. The van der Waals surface area contributed by atoms with Gasteiger partial charge in [0.15, 0.2) is 3.01 Å². The third kappa shape index (κ3) is 1.56. The first kappa shape index (κ1) is 10.4. The molecule has 2 heterocycles. The summed E-state index contributed by atoms with van der Waals surface area (Å²) in [5, 5.41) is 0. The van der Waals surface area contributed by atoms with Gasteiger partial charge in [-0.05, 0) is 43.4 Å². The normalized spacial score (nSPS) is 16.3. The van der Waals surface area contributed by atoms with Gasteiger partial charge in [0.25, 0.3) is 5.91 Å². The van der Waals surface area contributed by atoms with E-state index in [9.17, 15) is 4.79 Å². The van der Waals surface area contributed by atoms with E-state index in [1.54, 1.807) is 0 Å². The predicted molar refractivity (Wildman–Crippen MR) is 64.5 cm³/mol. The number of hydrogen-bond donors (Lipinski definition) is 0. The molecule has 1 aromatic heterocycles. The van der Waals surface area contributed by atoms with Gasteiger partial charge in [-0.3, -0.25) is 4.79 Å². The summed E-state index contributed by atoms with van der Waals surface area (Å²) in [6.45, 7) is 6.81. The summed E-state index contributed by atoms with van der Waals surface area (Å²) in [5.41, 5.74) is 0.836. The number of halogens is 1. The SMILES string of the molecule is CC(C)(C)N1Cc2nc(I)sc2C1=O. The molecule has 5 heteroatoms. The molecule has 76 valence electrons. The number of aromatic nitrogens is 1. The van der Waals surface area contributed by atoms with Crippen molar-refractivity contribution >= 4 is 39.8 Å². The Morgan fingerprint density at radius 2 is 2.14 bits per heavy atom. The van der Waals surface area contributed by atoms with Gasteiger partial charge < -0.3 is 4.90 Å². The standard InChI is InChI=1S/C9H11IN2OS/c1-9(2,3)12-4-5-6(7(12)13)14-8(10)11-5/h4H2,1-3H3. The Morgan fingerprint density at radius 3 is 2.64 bits per heavy atom. The van der Waals surface area contributed by atoms with Crippen LogP contribution in [0.4, 0.5) is 0 Å². The number of amides is 1. The van der Waals surface area contributed by atoms with Gasteiger partial charge in [0.2, 0.25) is 0 Å². The molecule has 0 N–H and O–H groups in total. The topological polar surface area (TPSA) is 33.2 Å². The lowest BCUT2D eigenvalue weighted by Gasteiger charge is -2.31. The van der Waals surface area contributed by atoms with Crippen molar-refractivity contribution < 1.29 is 4.79 Å². The molecular formula is C9H11IN2OS. The molecule has 0 saturated heterocycles. The molecule has 0 bridgehead atoms. The van der Waals surface area contributed by atoms with Crippen LogP contribution in [-0.2, 0) is 6.54 Å². The summed E-state index contributed by atoms with van der Waals surface area (Å²) in [7, 11) is 0. The van der Waals surface area contributed by atoms with Gasteiger partial charge in [-0.2, -0.15) is 0 Å². The summed E-state index contributed by atoms with van der Waals surface area (Å²) in [6, 6.07) is 0. The summed E-state index contributed by atoms with van der Waals surface area (Å²) in [6.07, 6.45) is 0. The van der Waals surface area contributed by atoms with E-state index in [0.717, 1.165) is 13.6 Å². The molecule has 0 unspecified atom stereocenters. The zero-order chi connectivity index (χ0) is 10.5. The van der Waals surface area contributed by atoms with Crippen molar-refractivity contribution in [1.29, 1.82) is 0 Å². The highest BCUT2D eigenvalue weighted by Crippen LogP contribution is 2.32. The van der Waals surface area contributed by atoms with Crippen LogP contribution in [0.5, 0.6) is 0 Å². The monoisotopic (exact) mass is 322 g/mol. The maximum absolute atomic E-state index is 11.9. The van der Waals surface area contributed by atoms with E-state index in [4.69, 9.17) is 0 Å². The highest BCUT2D eigenvalue weighted by Gasteiger charge is 2.37. The van der Waals surface area contributed by atoms with Gasteiger partial charge in [-0.1, -0.05) is 0 Å². The quantitative estimate of drug-likeness (QED) is 0.688. The van der Waals surface area contributed by atoms with Crippen LogP contribution in [0.1, 0.15) is 36.1 Å². The third-order valence-electron chi connectivity index (χ3n) is 2.23. The van der Waals surface area contributed by atoms with E-state index in [-0.39, 0.29) is 11.4 Å². The Morgan fingerprint density at radius 1 is 1.50 bits per heavy atom. The van der Waals surface area contributed by atoms with Gasteiger partial charge in [-0.15, -0.1) is 11.3 Å². The Balaban J connectivity index is 2.36. The van der Waals surface area contributed by atoms with Crippen LogP contribution in [0, 0.1) is 3.01 Å². The number of fused-ring (bicyclic) bond motifs is 1. The zero-order valence-corrected chi connectivity index (χ0v) is 11.3. The summed E-state index contributed by atoms with van der Waals surface area (Å²) < 4.78 is 0.953. The van der Waals surface area contributed by atoms with Crippen LogP contribution < -0.4 is 0 Å². The molecule has 1 amide bonds. The van der Waals surface area contributed by atoms with E-state index in [1.807, 2.05) is 25.7 Å². The first-order valence-electron chi connectivity index (χ1n) is 4.37. The molecule has 1 aromatic rings. The molecule has 0 aliphatic carbocycles. The molecule has 14 heavy (non-hydrogen) atoms. The number of carbonyl (C=O) groups is 1. The van der Waals surface area contributed by atoms with Gasteiger partial charge in [-0.25, -0.2) is 4.98 Å². The molecule has 0 fully saturated rings. The molecule has 0 saturated carbocycles. The van der Waals surface area contributed by atoms with E-state index in [1.165, 1.54) is 11.3 Å². The third-order valence-corrected chi connectivity index (χ3v) is 4.00. The maximum Gasteiger partial charge on any atom is 0.266 e. The fraction of sp³-hybridized carbons (Fsp3) is 0.556. The van der Waals surface area contributed by atoms with Crippen LogP contribution in [-0.4, -0.2) is 21.3 Å². The van der Waals surface area contributed by atoms with E-state index in [0.29, 0.717) is 6.54 Å². The number of thiazole rings is 1. The Labute approximate surface area is 101 Å². The lowest BCUT2D eigenvalue weighted by Crippen LogP contribution is -2.41. The largest absolute Gasteiger partial charge is 0.327 e. The van der Waals surface area contributed by atoms with Crippen LogP contribution >= 0.6 is 33.9 Å². The number of nitrogens with zero attached hydrogens (tertiary/aromatic N) is 2. The fourth-order valence-corrected chi connectivity index (χ4v) is 3.18. The van der Waals surface area contributed by atoms with E-state index < -0.39 is 0 Å². The molecule has 0 atom stereocenters. The first-order valence-corrected chi connectivity index (χ1v) is 6.26. The second-order valence-electron chi connectivity index (χ2n) is 4.30. The van der Waals surface area contributed by atoms with E-state index in [2.05, 4.69) is 27.6 Å². The minimum absolute atomic E-state index is 0.108. The smallest absolute Gasteiger partial charge is 0.266 e. The molecule has 3 nitrogen and oxygen atoms in total. The average Bonchev–Trinajstić information content (AvgIpc) is 2.49. The molecule has 1 aliphatic rings. The van der Waals surface area contributed by atoms with Gasteiger partial charge in [0.05, 0.1) is 12.2 Å². The van der Waals surface area contributed by atoms with Crippen molar-refractivity contribution in [1.82, 2.24) is 9.88 Å². The fourth-order valence-electron chi connectivity index (χ4n) is 1.48. The van der Waals surface area contributed by atoms with Crippen molar-refractivity contribution in [3.63, 3.8) is 0 Å². The van der Waals surface area contributed by atoms with Gasteiger partial charge in [0, 0.05) is 5.54 Å². The van der Waals surface area contributed by atoms with Crippen molar-refractivity contribution in [3.8, 4) is 0 Å². The lowest BCUT2D eigenvalue weighted by atomic mass is 10.1. The van der Waals surface area contributed by atoms with Crippen LogP contribution in [0.25, 0.3) is 0 Å². The molecule has 0 spiro atoms. The zero-order valence-electron chi connectivity index (χ0n) is 8.30. The Kier molecular flexibility index (Phi) is 2.34. The Bertz CT molecular complexity index is 394. The van der Waals surface area contributed by atoms with Crippen molar-refractivity contribution in [3.05, 3.63) is 13.6 Å². The summed E-state index contributed by atoms with van der Waals surface area (Å²) >= 11 is 3.65.